The Kier molecular flexibility index (Phi) is 3.21. The Morgan fingerprint density at radius 3 is 2.94 bits per heavy atom. The van der Waals surface area contributed by atoms with Gasteiger partial charge in [-0.15, -0.1) is 0 Å². The molecule has 0 fully saturated rings. The summed E-state index contributed by atoms with van der Waals surface area (Å²) in [4.78, 5) is 16.1. The van der Waals surface area contributed by atoms with Crippen LogP contribution >= 0.6 is 11.8 Å². The minimum Gasteiger partial charge on any atom is -0.294 e. The minimum atomic E-state index is -0.0449. The zero-order valence-corrected chi connectivity index (χ0v) is 9.78. The van der Waals surface area contributed by atoms with E-state index in [-0.39, 0.29) is 5.78 Å². The number of aromatic nitrogens is 3. The molecule has 2 aromatic rings. The fourth-order valence-electron chi connectivity index (χ4n) is 1.31. The van der Waals surface area contributed by atoms with Crippen molar-refractivity contribution in [2.45, 2.75) is 17.0 Å². The minimum absolute atomic E-state index is 0.0449. The molecule has 0 saturated heterocycles. The molecule has 0 bridgehead atoms. The molecule has 0 saturated carbocycles. The van der Waals surface area contributed by atoms with Crippen molar-refractivity contribution in [3.63, 3.8) is 0 Å². The number of benzene rings is 1. The molecule has 0 radical (unpaired) electrons. The summed E-state index contributed by atoms with van der Waals surface area (Å²) in [6.45, 7) is 1.49. The maximum Gasteiger partial charge on any atom is 0.188 e. The number of carbonyl (C=O) groups is 1. The second-order valence-corrected chi connectivity index (χ2v) is 4.30. The number of Topliss-reactive ketones (excluding diaryl/α,β-unsaturated/α-hetero) is 1. The first-order chi connectivity index (χ1) is 8.20. The van der Waals surface area contributed by atoms with Crippen LogP contribution < -0.4 is 0 Å². The van der Waals surface area contributed by atoms with Crippen LogP contribution in [0.4, 0.5) is 0 Å². The lowest BCUT2D eigenvalue weighted by molar-refractivity contribution is 0.101. The Bertz CT molecular complexity index is 586. The van der Waals surface area contributed by atoms with E-state index in [1.165, 1.54) is 25.0 Å². The van der Waals surface area contributed by atoms with E-state index < -0.39 is 0 Å². The normalized spacial score (nSPS) is 9.88. The average molecular weight is 244 g/mol. The predicted molar refractivity (Wildman–Crippen MR) is 61.7 cm³/mol. The number of H-pyrrole nitrogens is 1. The first kappa shape index (κ1) is 11.4. The van der Waals surface area contributed by atoms with Gasteiger partial charge in [-0.1, -0.05) is 0 Å². The molecule has 1 aromatic heterocycles. The van der Waals surface area contributed by atoms with Gasteiger partial charge in [-0.3, -0.25) is 9.89 Å². The summed E-state index contributed by atoms with van der Waals surface area (Å²) in [5, 5.41) is 15.8. The quantitative estimate of drug-likeness (QED) is 0.835. The lowest BCUT2D eigenvalue weighted by Gasteiger charge is -2.04. The Labute approximate surface area is 102 Å². The Balaban J connectivity index is 2.42. The topological polar surface area (TPSA) is 82.4 Å². The van der Waals surface area contributed by atoms with Crippen molar-refractivity contribution in [2.24, 2.45) is 0 Å². The van der Waals surface area contributed by atoms with Crippen LogP contribution in [0.3, 0.4) is 0 Å². The van der Waals surface area contributed by atoms with E-state index >= 15 is 0 Å². The molecule has 0 amide bonds. The van der Waals surface area contributed by atoms with Crippen LogP contribution in [0.25, 0.3) is 0 Å². The molecule has 1 N–H and O–H groups in total. The molecule has 0 aliphatic rings. The zero-order chi connectivity index (χ0) is 12.3. The number of nitrogens with one attached hydrogen (secondary N) is 1. The summed E-state index contributed by atoms with van der Waals surface area (Å²) >= 11 is 1.28. The van der Waals surface area contributed by atoms with Gasteiger partial charge in [-0.2, -0.15) is 10.4 Å². The van der Waals surface area contributed by atoms with E-state index in [2.05, 4.69) is 15.2 Å². The van der Waals surface area contributed by atoms with Crippen LogP contribution in [-0.4, -0.2) is 21.0 Å². The summed E-state index contributed by atoms with van der Waals surface area (Å²) in [6.07, 6.45) is 1.39. The largest absolute Gasteiger partial charge is 0.294 e. The van der Waals surface area contributed by atoms with Gasteiger partial charge in [0.2, 0.25) is 0 Å². The smallest absolute Gasteiger partial charge is 0.188 e. The Hall–Kier alpha value is -2.13. The van der Waals surface area contributed by atoms with Crippen molar-refractivity contribution in [1.82, 2.24) is 15.2 Å². The lowest BCUT2D eigenvalue weighted by Crippen LogP contribution is -1.96. The second kappa shape index (κ2) is 4.80. The molecule has 1 aromatic carbocycles. The number of nitrogens with zero attached hydrogens (tertiary/aromatic N) is 3. The number of nitriles is 1. The number of ketones is 1. The number of aromatic amines is 1. The highest BCUT2D eigenvalue weighted by atomic mass is 32.2. The number of carbonyl (C=O) groups excluding carboxylic acids is 1. The molecule has 6 heteroatoms. The highest BCUT2D eigenvalue weighted by Gasteiger charge is 2.11. The van der Waals surface area contributed by atoms with E-state index in [0.717, 1.165) is 0 Å². The average Bonchev–Trinajstić information content (AvgIpc) is 2.81. The predicted octanol–water partition coefficient (Wildman–Crippen LogP) is 2.03. The van der Waals surface area contributed by atoms with Crippen LogP contribution in [0.5, 0.6) is 0 Å². The maximum absolute atomic E-state index is 11.5. The summed E-state index contributed by atoms with van der Waals surface area (Å²) in [5.41, 5.74) is 1.09. The van der Waals surface area contributed by atoms with Gasteiger partial charge < -0.3 is 0 Å². The van der Waals surface area contributed by atoms with Crippen LogP contribution in [-0.2, 0) is 0 Å². The third-order valence-corrected chi connectivity index (χ3v) is 3.04. The van der Waals surface area contributed by atoms with Gasteiger partial charge in [0.05, 0.1) is 11.6 Å². The van der Waals surface area contributed by atoms with Crippen LogP contribution in [0.1, 0.15) is 22.8 Å². The number of rotatable bonds is 3. The molecule has 17 heavy (non-hydrogen) atoms. The van der Waals surface area contributed by atoms with E-state index in [9.17, 15) is 4.79 Å². The molecule has 1 heterocycles. The summed E-state index contributed by atoms with van der Waals surface area (Å²) in [5.74, 6) is -0.0449. The SMILES string of the molecule is CC(=O)c1ccc(C#N)cc1Sc1ncn[nH]1. The monoisotopic (exact) mass is 244 g/mol. The van der Waals surface area contributed by atoms with E-state index in [4.69, 9.17) is 5.26 Å². The second-order valence-electron chi connectivity index (χ2n) is 3.27. The molecular formula is C11H8N4OS. The summed E-state index contributed by atoms with van der Waals surface area (Å²) < 4.78 is 0. The third kappa shape index (κ3) is 2.52. The molecule has 84 valence electrons. The van der Waals surface area contributed by atoms with Gasteiger partial charge in [0.1, 0.15) is 6.33 Å². The Morgan fingerprint density at radius 2 is 2.35 bits per heavy atom. The van der Waals surface area contributed by atoms with Crippen molar-refractivity contribution in [3.8, 4) is 6.07 Å². The maximum atomic E-state index is 11.5. The first-order valence-electron chi connectivity index (χ1n) is 4.79. The lowest BCUT2D eigenvalue weighted by atomic mass is 10.1. The molecule has 5 nitrogen and oxygen atoms in total. The molecule has 2 rings (SSSR count). The van der Waals surface area contributed by atoms with Crippen molar-refractivity contribution in [2.75, 3.05) is 0 Å². The standard InChI is InChI=1S/C11H8N4OS/c1-7(16)9-3-2-8(5-12)4-10(9)17-11-13-6-14-15-11/h2-4,6H,1H3,(H,13,14,15). The fraction of sp³-hybridized carbons (Fsp3) is 0.0909. The van der Waals surface area contributed by atoms with Crippen molar-refractivity contribution >= 4 is 17.5 Å². The van der Waals surface area contributed by atoms with Gasteiger partial charge in [-0.25, -0.2) is 4.98 Å². The van der Waals surface area contributed by atoms with Crippen LogP contribution in [0.15, 0.2) is 34.6 Å². The molecule has 0 aliphatic heterocycles. The summed E-state index contributed by atoms with van der Waals surface area (Å²) in [7, 11) is 0. The fourth-order valence-corrected chi connectivity index (χ4v) is 2.23. The molecule has 0 unspecified atom stereocenters. The van der Waals surface area contributed by atoms with E-state index in [1.54, 1.807) is 18.2 Å². The Morgan fingerprint density at radius 1 is 1.53 bits per heavy atom. The third-order valence-electron chi connectivity index (χ3n) is 2.09. The van der Waals surface area contributed by atoms with E-state index in [0.29, 0.717) is 21.2 Å². The van der Waals surface area contributed by atoms with Gasteiger partial charge in [-0.05, 0) is 36.9 Å². The molecular weight excluding hydrogens is 236 g/mol. The van der Waals surface area contributed by atoms with Gasteiger partial charge in [0.15, 0.2) is 10.9 Å². The van der Waals surface area contributed by atoms with Crippen molar-refractivity contribution < 1.29 is 4.79 Å². The molecule has 0 aliphatic carbocycles. The van der Waals surface area contributed by atoms with Gasteiger partial charge >= 0.3 is 0 Å². The van der Waals surface area contributed by atoms with Crippen LogP contribution in [0, 0.1) is 11.3 Å². The molecule has 0 spiro atoms. The number of hydrogen-bond acceptors (Lipinski definition) is 5. The van der Waals surface area contributed by atoms with Crippen molar-refractivity contribution in [3.05, 3.63) is 35.7 Å². The first-order valence-corrected chi connectivity index (χ1v) is 5.60. The van der Waals surface area contributed by atoms with Gasteiger partial charge in [0, 0.05) is 10.5 Å². The molecule has 0 atom stereocenters. The van der Waals surface area contributed by atoms with Gasteiger partial charge in [0.25, 0.3) is 0 Å². The summed E-state index contributed by atoms with van der Waals surface area (Å²) in [6, 6.07) is 6.99. The number of hydrogen-bond donors (Lipinski definition) is 1. The zero-order valence-electron chi connectivity index (χ0n) is 8.97. The van der Waals surface area contributed by atoms with E-state index in [1.807, 2.05) is 6.07 Å². The van der Waals surface area contributed by atoms with Crippen molar-refractivity contribution in [1.29, 1.82) is 5.26 Å². The highest BCUT2D eigenvalue weighted by Crippen LogP contribution is 2.28. The highest BCUT2D eigenvalue weighted by molar-refractivity contribution is 7.99. The van der Waals surface area contributed by atoms with Crippen LogP contribution in [0.2, 0.25) is 0 Å².